The molecular weight excluding hydrogens is 677 g/mol. The number of aliphatic hydroxyl groups excluding tert-OH is 1. The molecule has 0 spiro atoms. The van der Waals surface area contributed by atoms with Crippen LogP contribution in [-0.4, -0.2) is 36.4 Å². The molecule has 0 aliphatic heterocycles. The van der Waals surface area contributed by atoms with Gasteiger partial charge < -0.3 is 23.4 Å². The minimum atomic E-state index is -0.796. The van der Waals surface area contributed by atoms with E-state index in [2.05, 4.69) is 41.5 Å². The Balaban J connectivity index is 1.40. The Morgan fingerprint density at radius 1 is 0.481 bits per heavy atom. The first-order chi connectivity index (χ1) is 26.2. The van der Waals surface area contributed by atoms with E-state index < -0.39 is 6.10 Å². The predicted molar refractivity (Wildman–Crippen MR) is 221 cm³/mol. The summed E-state index contributed by atoms with van der Waals surface area (Å²) in [6.07, 6.45) is 29.4. The highest BCUT2D eigenvalue weighted by atomic mass is 16.6. The van der Waals surface area contributed by atoms with Crippen molar-refractivity contribution in [2.45, 2.75) is 227 Å². The minimum absolute atomic E-state index is 0.0880. The second kappa shape index (κ2) is 29.7. The molecule has 1 N–H and O–H groups in total. The fraction of sp³-hybridized carbons (Fsp3) is 0.787. The van der Waals surface area contributed by atoms with Crippen LogP contribution in [0.1, 0.15) is 213 Å². The van der Waals surface area contributed by atoms with Gasteiger partial charge in [0.15, 0.2) is 6.10 Å². The quantitative estimate of drug-likeness (QED) is 0.0560. The first-order valence-corrected chi connectivity index (χ1v) is 22.3. The molecule has 0 amide bonds. The average molecular weight is 757 g/mol. The lowest BCUT2D eigenvalue weighted by molar-refractivity contribution is -0.161. The van der Waals surface area contributed by atoms with E-state index in [1.165, 1.54) is 123 Å². The van der Waals surface area contributed by atoms with Crippen LogP contribution in [0.2, 0.25) is 0 Å². The molecule has 0 bridgehead atoms. The summed E-state index contributed by atoms with van der Waals surface area (Å²) < 4.78 is 23.1. The monoisotopic (exact) mass is 757 g/mol. The molecule has 7 nitrogen and oxygen atoms in total. The normalized spacial score (nSPS) is 12.1. The summed E-state index contributed by atoms with van der Waals surface area (Å²) in [5.74, 6) is 4.11. The molecule has 0 aromatic carbocycles. The van der Waals surface area contributed by atoms with Crippen LogP contribution in [0.5, 0.6) is 0 Å². The molecule has 2 rings (SSSR count). The summed E-state index contributed by atoms with van der Waals surface area (Å²) in [4.78, 5) is 24.5. The van der Waals surface area contributed by atoms with Gasteiger partial charge in [0, 0.05) is 38.5 Å². The lowest BCUT2D eigenvalue weighted by Crippen LogP contribution is -2.28. The maximum absolute atomic E-state index is 12.3. The Morgan fingerprint density at radius 2 is 0.796 bits per heavy atom. The largest absolute Gasteiger partial charge is 0.466 e. The number of aryl methyl sites for hydroxylation is 4. The van der Waals surface area contributed by atoms with E-state index in [1.54, 1.807) is 0 Å². The zero-order valence-electron chi connectivity index (χ0n) is 35.7. The molecule has 1 atom stereocenters. The van der Waals surface area contributed by atoms with E-state index in [-0.39, 0.29) is 25.2 Å². The van der Waals surface area contributed by atoms with E-state index in [1.807, 2.05) is 0 Å². The molecule has 54 heavy (non-hydrogen) atoms. The van der Waals surface area contributed by atoms with Crippen LogP contribution >= 0.6 is 0 Å². The van der Waals surface area contributed by atoms with Crippen LogP contribution in [0.25, 0.3) is 0 Å². The van der Waals surface area contributed by atoms with Crippen molar-refractivity contribution in [1.29, 1.82) is 0 Å². The zero-order valence-corrected chi connectivity index (χ0v) is 35.7. The molecular formula is C47H80O7. The number of unbranched alkanes of at least 4 members (excludes halogenated alkanes) is 18. The maximum atomic E-state index is 12.3. The number of aliphatic hydroxyl groups is 1. The second-order valence-electron chi connectivity index (χ2n) is 15.9. The first kappa shape index (κ1) is 47.6. The molecule has 0 unspecified atom stereocenters. The lowest BCUT2D eigenvalue weighted by atomic mass is 10.0. The van der Waals surface area contributed by atoms with Crippen LogP contribution < -0.4 is 0 Å². The van der Waals surface area contributed by atoms with Crippen molar-refractivity contribution >= 4 is 11.9 Å². The molecule has 0 saturated heterocycles. The van der Waals surface area contributed by atoms with Gasteiger partial charge in [-0.3, -0.25) is 9.59 Å². The number of carbonyl (C=O) groups excluding carboxylic acids is 2. The van der Waals surface area contributed by atoms with Crippen molar-refractivity contribution < 1.29 is 33.0 Å². The Hall–Kier alpha value is -2.54. The van der Waals surface area contributed by atoms with Crippen molar-refractivity contribution in [3.63, 3.8) is 0 Å². The summed E-state index contributed by atoms with van der Waals surface area (Å²) in [5, 5.41) is 9.64. The average Bonchev–Trinajstić information content (AvgIpc) is 3.59. The first-order valence-electron chi connectivity index (χ1n) is 22.3. The minimum Gasteiger partial charge on any atom is -0.466 e. The number of ether oxygens (including phenoxy) is 2. The zero-order chi connectivity index (χ0) is 39.4. The number of hydrogen-bond acceptors (Lipinski definition) is 7. The molecule has 310 valence electrons. The van der Waals surface area contributed by atoms with Crippen molar-refractivity contribution in [1.82, 2.24) is 0 Å². The van der Waals surface area contributed by atoms with Gasteiger partial charge in [-0.15, -0.1) is 0 Å². The van der Waals surface area contributed by atoms with Crippen LogP contribution in [0, 0.1) is 27.7 Å². The standard InChI is InChI=1S/C47H80O7/c1-7-9-23-29-42-37(3)39(5)44(53-42)31-25-19-15-13-11-12-14-16-22-28-34-47(50)52-41(35-48)36-51-46(49)33-27-21-18-17-20-26-32-45-40(6)38(4)43(54-45)30-24-10-8-2/h41,48H,7-36H2,1-6H3/t41-/m0/s1. The summed E-state index contributed by atoms with van der Waals surface area (Å²) in [6, 6.07) is 0. The van der Waals surface area contributed by atoms with Crippen molar-refractivity contribution in [3.8, 4) is 0 Å². The van der Waals surface area contributed by atoms with Crippen molar-refractivity contribution in [3.05, 3.63) is 45.3 Å². The highest BCUT2D eigenvalue weighted by Gasteiger charge is 2.17. The van der Waals surface area contributed by atoms with Gasteiger partial charge in [0.1, 0.15) is 29.6 Å². The third-order valence-electron chi connectivity index (χ3n) is 11.3. The van der Waals surface area contributed by atoms with Gasteiger partial charge in [-0.25, -0.2) is 0 Å². The number of furan rings is 2. The van der Waals surface area contributed by atoms with E-state index in [9.17, 15) is 14.7 Å². The SMILES string of the molecule is CCCCCc1oc(CCCCCCCCCCCCC(=O)O[C@@H](CO)COC(=O)CCCCCCCCc2oc(CCCCC)c(C)c2C)c(C)c1C. The molecule has 7 heteroatoms. The molecule has 0 saturated carbocycles. The van der Waals surface area contributed by atoms with E-state index in [4.69, 9.17) is 18.3 Å². The maximum Gasteiger partial charge on any atom is 0.306 e. The van der Waals surface area contributed by atoms with Crippen LogP contribution in [0.15, 0.2) is 8.83 Å². The third-order valence-corrected chi connectivity index (χ3v) is 11.3. The third kappa shape index (κ3) is 19.9. The fourth-order valence-electron chi connectivity index (χ4n) is 7.32. The number of hydrogen-bond donors (Lipinski definition) is 1. The number of carbonyl (C=O) groups is 2. The molecule has 0 aliphatic carbocycles. The van der Waals surface area contributed by atoms with Gasteiger partial charge in [-0.2, -0.15) is 0 Å². The smallest absolute Gasteiger partial charge is 0.306 e. The highest BCUT2D eigenvalue weighted by molar-refractivity contribution is 5.70. The lowest BCUT2D eigenvalue weighted by Gasteiger charge is -2.15. The second-order valence-corrected chi connectivity index (χ2v) is 15.9. The topological polar surface area (TPSA) is 99.1 Å². The number of rotatable bonds is 34. The summed E-state index contributed by atoms with van der Waals surface area (Å²) in [6.45, 7) is 12.8. The fourth-order valence-corrected chi connectivity index (χ4v) is 7.32. The molecule has 0 radical (unpaired) electrons. The Labute approximate surface area is 330 Å². The van der Waals surface area contributed by atoms with Crippen molar-refractivity contribution in [2.75, 3.05) is 13.2 Å². The highest BCUT2D eigenvalue weighted by Crippen LogP contribution is 2.26. The van der Waals surface area contributed by atoms with E-state index in [0.29, 0.717) is 12.8 Å². The Bertz CT molecular complexity index is 1270. The molecule has 2 aromatic heterocycles. The molecule has 0 fully saturated rings. The van der Waals surface area contributed by atoms with Crippen LogP contribution in [-0.2, 0) is 44.7 Å². The van der Waals surface area contributed by atoms with E-state index in [0.717, 1.165) is 89.2 Å². The van der Waals surface area contributed by atoms with Gasteiger partial charge >= 0.3 is 11.9 Å². The van der Waals surface area contributed by atoms with Crippen molar-refractivity contribution in [2.24, 2.45) is 0 Å². The van der Waals surface area contributed by atoms with Gasteiger partial charge in [-0.05, 0) is 88.5 Å². The molecule has 2 aromatic rings. The Kier molecular flexibility index (Phi) is 26.2. The van der Waals surface area contributed by atoms with Gasteiger partial charge in [0.2, 0.25) is 0 Å². The Morgan fingerprint density at radius 3 is 1.15 bits per heavy atom. The predicted octanol–water partition coefficient (Wildman–Crippen LogP) is 12.8. The number of esters is 2. The van der Waals surface area contributed by atoms with Gasteiger partial charge in [-0.1, -0.05) is 117 Å². The van der Waals surface area contributed by atoms with E-state index >= 15 is 0 Å². The van der Waals surface area contributed by atoms with Gasteiger partial charge in [0.05, 0.1) is 6.61 Å². The van der Waals surface area contributed by atoms with Gasteiger partial charge in [0.25, 0.3) is 0 Å². The molecule has 2 heterocycles. The summed E-state index contributed by atoms with van der Waals surface area (Å²) in [5.41, 5.74) is 5.38. The van der Waals surface area contributed by atoms with Crippen LogP contribution in [0.4, 0.5) is 0 Å². The van der Waals surface area contributed by atoms with Crippen LogP contribution in [0.3, 0.4) is 0 Å². The molecule has 0 aliphatic rings. The summed E-state index contributed by atoms with van der Waals surface area (Å²) in [7, 11) is 0. The summed E-state index contributed by atoms with van der Waals surface area (Å²) >= 11 is 0.